The fourth-order valence-corrected chi connectivity index (χ4v) is 3.96. The maximum atomic E-state index is 12.9. The number of likely N-dealkylation sites (tertiary alicyclic amines) is 1. The minimum Gasteiger partial charge on any atom is -0.497 e. The molecule has 0 spiro atoms. The van der Waals surface area contributed by atoms with E-state index in [9.17, 15) is 9.59 Å². The van der Waals surface area contributed by atoms with Crippen molar-refractivity contribution >= 4 is 27.7 Å². The van der Waals surface area contributed by atoms with Crippen LogP contribution in [0.2, 0.25) is 0 Å². The highest BCUT2D eigenvalue weighted by Crippen LogP contribution is 2.29. The average molecular weight is 475 g/mol. The Hall–Kier alpha value is -2.54. The van der Waals surface area contributed by atoms with Crippen LogP contribution in [-0.4, -0.2) is 43.5 Å². The van der Waals surface area contributed by atoms with Crippen LogP contribution in [0.3, 0.4) is 0 Å². The predicted molar refractivity (Wildman–Crippen MR) is 119 cm³/mol. The third-order valence-corrected chi connectivity index (χ3v) is 5.93. The number of nitrogens with zero attached hydrogens (tertiary/aromatic N) is 1. The summed E-state index contributed by atoms with van der Waals surface area (Å²) in [4.78, 5) is 27.1. The van der Waals surface area contributed by atoms with Gasteiger partial charge in [-0.25, -0.2) is 0 Å². The van der Waals surface area contributed by atoms with Crippen molar-refractivity contribution in [1.82, 2.24) is 10.2 Å². The van der Waals surface area contributed by atoms with Gasteiger partial charge in [0.25, 0.3) is 11.8 Å². The molecule has 1 fully saturated rings. The Morgan fingerprint density at radius 1 is 1.17 bits per heavy atom. The number of ether oxygens (including phenoxy) is 2. The highest BCUT2D eigenvalue weighted by atomic mass is 79.9. The number of nitrogens with one attached hydrogen (secondary N) is 1. The number of para-hydroxylation sites is 1. The van der Waals surface area contributed by atoms with E-state index >= 15 is 0 Å². The quantitative estimate of drug-likeness (QED) is 0.617. The summed E-state index contributed by atoms with van der Waals surface area (Å²) in [7, 11) is 1.57. The smallest absolute Gasteiger partial charge is 0.260 e. The summed E-state index contributed by atoms with van der Waals surface area (Å²) in [5, 5.41) is 3.07. The molecule has 1 saturated heterocycles. The SMILES string of the molecule is CCC(NC(=O)c1cc(OC)ccc1Br)c1ccccc1OCC(=O)N1CCCC1. The topological polar surface area (TPSA) is 67.9 Å². The van der Waals surface area contributed by atoms with Crippen LogP contribution in [0.5, 0.6) is 11.5 Å². The van der Waals surface area contributed by atoms with Crippen molar-refractivity contribution in [2.45, 2.75) is 32.2 Å². The number of amides is 2. The van der Waals surface area contributed by atoms with Gasteiger partial charge in [0, 0.05) is 23.1 Å². The van der Waals surface area contributed by atoms with Crippen LogP contribution in [0.15, 0.2) is 46.9 Å². The molecule has 0 aliphatic carbocycles. The number of hydrogen-bond donors (Lipinski definition) is 1. The van der Waals surface area contributed by atoms with E-state index in [0.717, 1.165) is 31.5 Å². The molecule has 3 rings (SSSR count). The van der Waals surface area contributed by atoms with Crippen molar-refractivity contribution in [2.75, 3.05) is 26.8 Å². The zero-order valence-corrected chi connectivity index (χ0v) is 18.9. The van der Waals surface area contributed by atoms with E-state index < -0.39 is 0 Å². The Labute approximate surface area is 185 Å². The first-order chi connectivity index (χ1) is 14.5. The number of halogens is 1. The Bertz CT molecular complexity index is 897. The van der Waals surface area contributed by atoms with E-state index in [-0.39, 0.29) is 24.5 Å². The summed E-state index contributed by atoms with van der Waals surface area (Å²) >= 11 is 3.43. The highest BCUT2D eigenvalue weighted by Gasteiger charge is 2.22. The molecular weight excluding hydrogens is 448 g/mol. The number of carbonyl (C=O) groups is 2. The Kier molecular flexibility index (Phi) is 7.74. The lowest BCUT2D eigenvalue weighted by Crippen LogP contribution is -2.32. The lowest BCUT2D eigenvalue weighted by atomic mass is 10.0. The molecule has 0 radical (unpaired) electrons. The summed E-state index contributed by atoms with van der Waals surface area (Å²) in [5.74, 6) is 1.01. The molecule has 30 heavy (non-hydrogen) atoms. The normalized spacial score (nSPS) is 14.3. The van der Waals surface area contributed by atoms with Gasteiger partial charge in [0.2, 0.25) is 0 Å². The molecule has 1 aliphatic rings. The van der Waals surface area contributed by atoms with Crippen molar-refractivity contribution in [3.8, 4) is 11.5 Å². The minimum absolute atomic E-state index is 0.000279. The first-order valence-corrected chi connectivity index (χ1v) is 11.0. The first kappa shape index (κ1) is 22.2. The van der Waals surface area contributed by atoms with Gasteiger partial charge in [-0.05, 0) is 59.5 Å². The van der Waals surface area contributed by atoms with Crippen LogP contribution in [0, 0.1) is 0 Å². The van der Waals surface area contributed by atoms with E-state index in [1.54, 1.807) is 25.3 Å². The minimum atomic E-state index is -0.256. The monoisotopic (exact) mass is 474 g/mol. The van der Waals surface area contributed by atoms with Gasteiger partial charge in [-0.15, -0.1) is 0 Å². The standard InChI is InChI=1S/C23H27BrN2O4/c1-3-20(25-23(28)18-14-16(29-2)10-11-19(18)24)17-8-4-5-9-21(17)30-15-22(27)26-12-6-7-13-26/h4-5,8-11,14,20H,3,6-7,12-13,15H2,1-2H3,(H,25,28). The molecule has 0 bridgehead atoms. The van der Waals surface area contributed by atoms with Gasteiger partial charge < -0.3 is 19.7 Å². The molecule has 1 aliphatic heterocycles. The predicted octanol–water partition coefficient (Wildman–Crippen LogP) is 4.34. The molecule has 160 valence electrons. The van der Waals surface area contributed by atoms with Crippen molar-refractivity contribution in [3.05, 3.63) is 58.1 Å². The van der Waals surface area contributed by atoms with Crippen molar-refractivity contribution in [2.24, 2.45) is 0 Å². The van der Waals surface area contributed by atoms with E-state index in [0.29, 0.717) is 28.0 Å². The van der Waals surface area contributed by atoms with Crippen molar-refractivity contribution in [3.63, 3.8) is 0 Å². The zero-order chi connectivity index (χ0) is 21.5. The van der Waals surface area contributed by atoms with E-state index in [4.69, 9.17) is 9.47 Å². The van der Waals surface area contributed by atoms with E-state index in [1.165, 1.54) is 0 Å². The largest absolute Gasteiger partial charge is 0.497 e. The Morgan fingerprint density at radius 3 is 2.60 bits per heavy atom. The Morgan fingerprint density at radius 2 is 1.90 bits per heavy atom. The van der Waals surface area contributed by atoms with Gasteiger partial charge in [-0.1, -0.05) is 25.1 Å². The molecule has 2 aromatic rings. The fraction of sp³-hybridized carbons (Fsp3) is 0.391. The fourth-order valence-electron chi connectivity index (χ4n) is 3.54. The maximum absolute atomic E-state index is 12.9. The Balaban J connectivity index is 1.73. The van der Waals surface area contributed by atoms with Gasteiger partial charge in [-0.3, -0.25) is 9.59 Å². The highest BCUT2D eigenvalue weighted by molar-refractivity contribution is 9.10. The first-order valence-electron chi connectivity index (χ1n) is 10.2. The number of carbonyl (C=O) groups excluding carboxylic acids is 2. The molecular formula is C23H27BrN2O4. The second-order valence-electron chi connectivity index (χ2n) is 7.19. The third-order valence-electron chi connectivity index (χ3n) is 5.24. The molecule has 1 N–H and O–H groups in total. The van der Waals surface area contributed by atoms with Crippen LogP contribution in [0.25, 0.3) is 0 Å². The van der Waals surface area contributed by atoms with Crippen LogP contribution in [-0.2, 0) is 4.79 Å². The molecule has 2 amide bonds. The zero-order valence-electron chi connectivity index (χ0n) is 17.3. The maximum Gasteiger partial charge on any atom is 0.260 e. The van der Waals surface area contributed by atoms with E-state index in [2.05, 4.69) is 21.2 Å². The lowest BCUT2D eigenvalue weighted by molar-refractivity contribution is -0.132. The van der Waals surface area contributed by atoms with Crippen molar-refractivity contribution < 1.29 is 19.1 Å². The molecule has 1 heterocycles. The van der Waals surface area contributed by atoms with Gasteiger partial charge in [0.1, 0.15) is 11.5 Å². The van der Waals surface area contributed by atoms with Gasteiger partial charge in [0.15, 0.2) is 6.61 Å². The summed E-state index contributed by atoms with van der Waals surface area (Å²) in [6, 6.07) is 12.5. The van der Waals surface area contributed by atoms with Crippen LogP contribution >= 0.6 is 15.9 Å². The van der Waals surface area contributed by atoms with Gasteiger partial charge >= 0.3 is 0 Å². The summed E-state index contributed by atoms with van der Waals surface area (Å²) in [6.45, 7) is 3.60. The second-order valence-corrected chi connectivity index (χ2v) is 8.05. The van der Waals surface area contributed by atoms with Crippen molar-refractivity contribution in [1.29, 1.82) is 0 Å². The van der Waals surface area contributed by atoms with E-state index in [1.807, 2.05) is 36.1 Å². The van der Waals surface area contributed by atoms with Crippen LogP contribution in [0.4, 0.5) is 0 Å². The molecule has 1 unspecified atom stereocenters. The number of rotatable bonds is 8. The van der Waals surface area contributed by atoms with Gasteiger partial charge in [0.05, 0.1) is 18.7 Å². The second kappa shape index (κ2) is 10.5. The number of hydrogen-bond acceptors (Lipinski definition) is 4. The molecule has 0 saturated carbocycles. The third kappa shape index (κ3) is 5.33. The lowest BCUT2D eigenvalue weighted by Gasteiger charge is -2.22. The molecule has 2 aromatic carbocycles. The number of methoxy groups -OCH3 is 1. The number of benzene rings is 2. The van der Waals surface area contributed by atoms with Crippen LogP contribution in [0.1, 0.15) is 48.1 Å². The summed E-state index contributed by atoms with van der Waals surface area (Å²) < 4.78 is 11.8. The molecule has 1 atom stereocenters. The molecule has 0 aromatic heterocycles. The molecule has 6 nitrogen and oxygen atoms in total. The molecule has 7 heteroatoms. The average Bonchev–Trinajstić information content (AvgIpc) is 3.31. The van der Waals surface area contributed by atoms with Crippen LogP contribution < -0.4 is 14.8 Å². The summed E-state index contributed by atoms with van der Waals surface area (Å²) in [6.07, 6.45) is 2.77. The van der Waals surface area contributed by atoms with Gasteiger partial charge in [-0.2, -0.15) is 0 Å². The summed E-state index contributed by atoms with van der Waals surface area (Å²) in [5.41, 5.74) is 1.34.